The average Bonchev–Trinajstić information content (AvgIpc) is 2.65. The summed E-state index contributed by atoms with van der Waals surface area (Å²) < 4.78 is 10.6. The highest BCUT2D eigenvalue weighted by atomic mass is 16.5. The van der Waals surface area contributed by atoms with Crippen LogP contribution in [0, 0.1) is 5.92 Å². The number of nitrogens with zero attached hydrogens (tertiary/aromatic N) is 1. The number of benzene rings is 1. The van der Waals surface area contributed by atoms with Crippen LogP contribution in [0.15, 0.2) is 23.0 Å². The number of hydrogen-bond acceptors (Lipinski definition) is 4. The number of aryl methyl sites for hydroxylation is 1. The van der Waals surface area contributed by atoms with Crippen molar-refractivity contribution in [3.05, 3.63) is 34.1 Å². The van der Waals surface area contributed by atoms with E-state index in [1.165, 1.54) is 6.42 Å². The predicted octanol–water partition coefficient (Wildman–Crippen LogP) is 2.74. The lowest BCUT2D eigenvalue weighted by Gasteiger charge is -2.31. The molecule has 140 valence electrons. The van der Waals surface area contributed by atoms with Crippen LogP contribution in [-0.2, 0) is 11.2 Å². The van der Waals surface area contributed by atoms with Crippen LogP contribution in [0.3, 0.4) is 0 Å². The molecule has 2 heterocycles. The Bertz CT molecular complexity index is 859. The molecule has 1 saturated heterocycles. The van der Waals surface area contributed by atoms with Crippen LogP contribution in [0.1, 0.15) is 31.7 Å². The van der Waals surface area contributed by atoms with Crippen LogP contribution in [-0.4, -0.2) is 43.1 Å². The maximum atomic E-state index is 12.5. The molecule has 1 fully saturated rings. The van der Waals surface area contributed by atoms with Gasteiger partial charge in [0.1, 0.15) is 0 Å². The third-order valence-corrected chi connectivity index (χ3v) is 5.04. The van der Waals surface area contributed by atoms with Crippen molar-refractivity contribution in [3.8, 4) is 11.5 Å². The Morgan fingerprint density at radius 1 is 1.23 bits per heavy atom. The number of amides is 1. The summed E-state index contributed by atoms with van der Waals surface area (Å²) in [5.41, 5.74) is 1.14. The summed E-state index contributed by atoms with van der Waals surface area (Å²) in [5, 5.41) is 0.858. The molecule has 1 aliphatic rings. The number of likely N-dealkylation sites (tertiary alicyclic amines) is 1. The lowest BCUT2D eigenvalue weighted by molar-refractivity contribution is -0.132. The first-order valence-corrected chi connectivity index (χ1v) is 9.07. The van der Waals surface area contributed by atoms with Crippen molar-refractivity contribution in [2.24, 2.45) is 5.92 Å². The summed E-state index contributed by atoms with van der Waals surface area (Å²) in [4.78, 5) is 29.6. The number of hydrogen-bond donors (Lipinski definition) is 1. The minimum Gasteiger partial charge on any atom is -0.493 e. The molecule has 26 heavy (non-hydrogen) atoms. The van der Waals surface area contributed by atoms with Crippen molar-refractivity contribution in [1.82, 2.24) is 9.88 Å². The molecule has 1 aliphatic heterocycles. The van der Waals surface area contributed by atoms with Crippen molar-refractivity contribution in [2.45, 2.75) is 32.6 Å². The number of carbonyl (C=O) groups excluding carboxylic acids is 1. The van der Waals surface area contributed by atoms with Crippen LogP contribution in [0.4, 0.5) is 0 Å². The molecule has 1 unspecified atom stereocenters. The van der Waals surface area contributed by atoms with Gasteiger partial charge < -0.3 is 19.4 Å². The van der Waals surface area contributed by atoms with E-state index < -0.39 is 0 Å². The van der Waals surface area contributed by atoms with E-state index in [1.54, 1.807) is 20.3 Å². The molecular formula is C20H26N2O4. The molecule has 0 bridgehead atoms. The van der Waals surface area contributed by atoms with E-state index in [1.807, 2.05) is 17.0 Å². The molecule has 1 aromatic carbocycles. The zero-order valence-electron chi connectivity index (χ0n) is 15.6. The number of H-pyrrole nitrogens is 1. The van der Waals surface area contributed by atoms with Gasteiger partial charge in [0.25, 0.3) is 5.56 Å². The quantitative estimate of drug-likeness (QED) is 0.892. The Hall–Kier alpha value is -2.50. The number of fused-ring (bicyclic) bond motifs is 1. The van der Waals surface area contributed by atoms with E-state index >= 15 is 0 Å². The number of ether oxygens (including phenoxy) is 2. The van der Waals surface area contributed by atoms with Gasteiger partial charge in [0.15, 0.2) is 11.5 Å². The lowest BCUT2D eigenvalue weighted by Crippen LogP contribution is -2.39. The number of nitrogens with one attached hydrogen (secondary N) is 1. The van der Waals surface area contributed by atoms with E-state index in [-0.39, 0.29) is 11.5 Å². The summed E-state index contributed by atoms with van der Waals surface area (Å²) >= 11 is 0. The van der Waals surface area contributed by atoms with Gasteiger partial charge in [-0.3, -0.25) is 9.59 Å². The minimum atomic E-state index is -0.162. The second-order valence-corrected chi connectivity index (χ2v) is 7.01. The molecule has 2 aromatic rings. The lowest BCUT2D eigenvalue weighted by atomic mass is 9.99. The number of aromatic amines is 1. The number of pyridine rings is 1. The number of carbonyl (C=O) groups is 1. The summed E-state index contributed by atoms with van der Waals surface area (Å²) in [6, 6.07) is 5.42. The number of aromatic nitrogens is 1. The topological polar surface area (TPSA) is 71.6 Å². The number of rotatable bonds is 5. The highest BCUT2D eigenvalue weighted by Crippen LogP contribution is 2.31. The normalized spacial score (nSPS) is 17.3. The molecule has 1 N–H and O–H groups in total. The van der Waals surface area contributed by atoms with Gasteiger partial charge in [-0.2, -0.15) is 0 Å². The first-order chi connectivity index (χ1) is 12.5. The smallest absolute Gasteiger partial charge is 0.251 e. The summed E-state index contributed by atoms with van der Waals surface area (Å²) in [7, 11) is 3.14. The van der Waals surface area contributed by atoms with E-state index in [2.05, 4.69) is 11.9 Å². The largest absolute Gasteiger partial charge is 0.493 e. The second kappa shape index (κ2) is 7.81. The van der Waals surface area contributed by atoms with Gasteiger partial charge in [0, 0.05) is 36.5 Å². The van der Waals surface area contributed by atoms with Gasteiger partial charge in [-0.1, -0.05) is 6.92 Å². The van der Waals surface area contributed by atoms with Crippen LogP contribution < -0.4 is 15.0 Å². The van der Waals surface area contributed by atoms with Crippen molar-refractivity contribution in [3.63, 3.8) is 0 Å². The first-order valence-electron chi connectivity index (χ1n) is 9.07. The van der Waals surface area contributed by atoms with E-state index in [9.17, 15) is 9.59 Å². The summed E-state index contributed by atoms with van der Waals surface area (Å²) in [6.07, 6.45) is 3.03. The van der Waals surface area contributed by atoms with Crippen molar-refractivity contribution in [1.29, 1.82) is 0 Å². The zero-order chi connectivity index (χ0) is 18.7. The Kier molecular flexibility index (Phi) is 5.49. The maximum Gasteiger partial charge on any atom is 0.251 e. The van der Waals surface area contributed by atoms with Crippen LogP contribution in [0.5, 0.6) is 11.5 Å². The molecule has 3 rings (SSSR count). The van der Waals surface area contributed by atoms with Crippen LogP contribution in [0.25, 0.3) is 10.9 Å². The van der Waals surface area contributed by atoms with Crippen molar-refractivity contribution >= 4 is 16.8 Å². The summed E-state index contributed by atoms with van der Waals surface area (Å²) in [6.45, 7) is 3.83. The fourth-order valence-electron chi connectivity index (χ4n) is 3.58. The monoisotopic (exact) mass is 358 g/mol. The summed E-state index contributed by atoms with van der Waals surface area (Å²) in [5.74, 6) is 1.86. The molecule has 1 atom stereocenters. The fourth-order valence-corrected chi connectivity index (χ4v) is 3.58. The Morgan fingerprint density at radius 3 is 2.65 bits per heavy atom. The van der Waals surface area contributed by atoms with Crippen molar-refractivity contribution < 1.29 is 14.3 Å². The Morgan fingerprint density at radius 2 is 1.96 bits per heavy atom. The molecule has 6 nitrogen and oxygen atoms in total. The van der Waals surface area contributed by atoms with Crippen LogP contribution in [0.2, 0.25) is 0 Å². The van der Waals surface area contributed by atoms with Gasteiger partial charge in [-0.05, 0) is 37.3 Å². The molecule has 0 radical (unpaired) electrons. The highest BCUT2D eigenvalue weighted by molar-refractivity contribution is 5.83. The van der Waals surface area contributed by atoms with Crippen LogP contribution >= 0.6 is 0 Å². The Labute approximate surface area is 153 Å². The van der Waals surface area contributed by atoms with E-state index in [4.69, 9.17) is 9.47 Å². The SMILES string of the molecule is COc1cc2cc(CCC(=O)N3CCCC(C)C3)c(=O)[nH]c2cc1OC. The van der Waals surface area contributed by atoms with Gasteiger partial charge >= 0.3 is 0 Å². The first kappa shape index (κ1) is 18.3. The molecule has 1 aromatic heterocycles. The van der Waals surface area contributed by atoms with Gasteiger partial charge in [0.2, 0.25) is 5.91 Å². The molecule has 0 spiro atoms. The maximum absolute atomic E-state index is 12.5. The fraction of sp³-hybridized carbons (Fsp3) is 0.500. The molecule has 0 saturated carbocycles. The minimum absolute atomic E-state index is 0.128. The van der Waals surface area contributed by atoms with Crippen molar-refractivity contribution in [2.75, 3.05) is 27.3 Å². The third kappa shape index (κ3) is 3.84. The molecule has 1 amide bonds. The highest BCUT2D eigenvalue weighted by Gasteiger charge is 2.21. The van der Waals surface area contributed by atoms with Gasteiger partial charge in [-0.25, -0.2) is 0 Å². The number of piperidine rings is 1. The van der Waals surface area contributed by atoms with Gasteiger partial charge in [0.05, 0.1) is 19.7 Å². The Balaban J connectivity index is 1.78. The third-order valence-electron chi connectivity index (χ3n) is 5.04. The molecule has 0 aliphatic carbocycles. The van der Waals surface area contributed by atoms with E-state index in [0.29, 0.717) is 41.3 Å². The van der Waals surface area contributed by atoms with E-state index in [0.717, 1.165) is 24.9 Å². The average molecular weight is 358 g/mol. The predicted molar refractivity (Wildman–Crippen MR) is 101 cm³/mol. The standard InChI is InChI=1S/C20H26N2O4/c1-13-5-4-8-22(12-13)19(23)7-6-14-9-15-10-17(25-2)18(26-3)11-16(15)21-20(14)24/h9-11,13H,4-8,12H2,1-3H3,(H,21,24). The zero-order valence-corrected chi connectivity index (χ0v) is 15.6. The molecular weight excluding hydrogens is 332 g/mol. The number of methoxy groups -OCH3 is 2. The van der Waals surface area contributed by atoms with Gasteiger partial charge in [-0.15, -0.1) is 0 Å². The second-order valence-electron chi connectivity index (χ2n) is 7.01. The molecule has 6 heteroatoms.